The lowest BCUT2D eigenvalue weighted by molar-refractivity contribution is -0.137. The zero-order valence-corrected chi connectivity index (χ0v) is 9.33. The maximum Gasteiger partial charge on any atom is 0.303 e. The Morgan fingerprint density at radius 1 is 1.44 bits per heavy atom. The van der Waals surface area contributed by atoms with Crippen LogP contribution in [0.25, 0.3) is 0 Å². The summed E-state index contributed by atoms with van der Waals surface area (Å²) in [5.74, 6) is -1.07. The van der Waals surface area contributed by atoms with Gasteiger partial charge in [0, 0.05) is 18.7 Å². The van der Waals surface area contributed by atoms with E-state index in [0.717, 1.165) is 0 Å². The number of amides is 1. The first-order valence-corrected chi connectivity index (χ1v) is 5.04. The van der Waals surface area contributed by atoms with Crippen LogP contribution in [0.5, 0.6) is 0 Å². The van der Waals surface area contributed by atoms with E-state index in [1.54, 1.807) is 13.8 Å². The molecule has 0 aliphatic heterocycles. The van der Waals surface area contributed by atoms with Gasteiger partial charge in [0.2, 0.25) is 0 Å². The van der Waals surface area contributed by atoms with Gasteiger partial charge < -0.3 is 10.4 Å². The van der Waals surface area contributed by atoms with Gasteiger partial charge in [0.1, 0.15) is 0 Å². The Morgan fingerprint density at radius 2 is 2.12 bits per heavy atom. The summed E-state index contributed by atoms with van der Waals surface area (Å²) in [6, 6.07) is 0. The van der Waals surface area contributed by atoms with E-state index in [4.69, 9.17) is 5.11 Å². The standard InChI is InChI=1S/C10H15N3O3/c1-6-9(7(2)13-12-6)10(16)11-5-3-4-8(14)15/h3-5H2,1-2H3,(H,11,16)(H,12,13)(H,14,15). The number of nitrogens with zero attached hydrogens (tertiary/aromatic N) is 1. The number of H-pyrrole nitrogens is 1. The monoisotopic (exact) mass is 225 g/mol. The summed E-state index contributed by atoms with van der Waals surface area (Å²) in [5.41, 5.74) is 1.90. The number of hydrogen-bond donors (Lipinski definition) is 3. The normalized spacial score (nSPS) is 10.1. The number of aromatic amines is 1. The highest BCUT2D eigenvalue weighted by molar-refractivity contribution is 5.96. The molecule has 0 radical (unpaired) electrons. The number of carboxylic acid groups (broad SMARTS) is 1. The van der Waals surface area contributed by atoms with Crippen molar-refractivity contribution >= 4 is 11.9 Å². The van der Waals surface area contributed by atoms with E-state index in [1.165, 1.54) is 0 Å². The van der Waals surface area contributed by atoms with Crippen LogP contribution in [0.3, 0.4) is 0 Å². The van der Waals surface area contributed by atoms with Crippen molar-refractivity contribution in [2.24, 2.45) is 0 Å². The van der Waals surface area contributed by atoms with Gasteiger partial charge >= 0.3 is 5.97 Å². The predicted molar refractivity (Wildman–Crippen MR) is 57.3 cm³/mol. The van der Waals surface area contributed by atoms with Crippen LogP contribution in [0.4, 0.5) is 0 Å². The van der Waals surface area contributed by atoms with E-state index in [1.807, 2.05) is 0 Å². The molecule has 0 saturated carbocycles. The summed E-state index contributed by atoms with van der Waals surface area (Å²) in [5, 5.41) is 17.7. The summed E-state index contributed by atoms with van der Waals surface area (Å²) in [6.07, 6.45) is 0.487. The molecule has 0 aliphatic carbocycles. The van der Waals surface area contributed by atoms with Crippen LogP contribution >= 0.6 is 0 Å². The molecule has 16 heavy (non-hydrogen) atoms. The van der Waals surface area contributed by atoms with Crippen molar-refractivity contribution in [1.82, 2.24) is 15.5 Å². The number of carboxylic acids is 1. The molecule has 88 valence electrons. The van der Waals surface area contributed by atoms with Gasteiger partial charge in [-0.3, -0.25) is 14.7 Å². The van der Waals surface area contributed by atoms with Crippen molar-refractivity contribution in [3.63, 3.8) is 0 Å². The summed E-state index contributed by atoms with van der Waals surface area (Å²) >= 11 is 0. The number of nitrogens with one attached hydrogen (secondary N) is 2. The fraction of sp³-hybridized carbons (Fsp3) is 0.500. The smallest absolute Gasteiger partial charge is 0.303 e. The second-order valence-electron chi connectivity index (χ2n) is 3.56. The fourth-order valence-corrected chi connectivity index (χ4v) is 1.42. The molecule has 0 bridgehead atoms. The molecule has 1 aromatic rings. The molecule has 1 heterocycles. The number of carbonyl (C=O) groups excluding carboxylic acids is 1. The average molecular weight is 225 g/mol. The van der Waals surface area contributed by atoms with Crippen LogP contribution in [0.1, 0.15) is 34.6 Å². The maximum absolute atomic E-state index is 11.7. The molecule has 0 unspecified atom stereocenters. The van der Waals surface area contributed by atoms with Crippen LogP contribution in [0.2, 0.25) is 0 Å². The maximum atomic E-state index is 11.7. The zero-order valence-electron chi connectivity index (χ0n) is 9.33. The first-order chi connectivity index (χ1) is 7.52. The minimum absolute atomic E-state index is 0.0592. The van der Waals surface area contributed by atoms with Crippen molar-refractivity contribution in [3.05, 3.63) is 17.0 Å². The van der Waals surface area contributed by atoms with E-state index >= 15 is 0 Å². The third kappa shape index (κ3) is 3.08. The van der Waals surface area contributed by atoms with Gasteiger partial charge in [0.25, 0.3) is 5.91 Å². The molecule has 3 N–H and O–H groups in total. The van der Waals surface area contributed by atoms with Gasteiger partial charge in [-0.1, -0.05) is 0 Å². The lowest BCUT2D eigenvalue weighted by atomic mass is 10.2. The molecule has 0 aliphatic rings. The highest BCUT2D eigenvalue weighted by atomic mass is 16.4. The molecule has 0 fully saturated rings. The number of rotatable bonds is 5. The van der Waals surface area contributed by atoms with E-state index in [-0.39, 0.29) is 12.3 Å². The van der Waals surface area contributed by atoms with Crippen LogP contribution < -0.4 is 5.32 Å². The van der Waals surface area contributed by atoms with Crippen molar-refractivity contribution in [3.8, 4) is 0 Å². The molecular formula is C10H15N3O3. The third-order valence-electron chi connectivity index (χ3n) is 2.21. The molecule has 0 atom stereocenters. The second-order valence-corrected chi connectivity index (χ2v) is 3.56. The fourth-order valence-electron chi connectivity index (χ4n) is 1.42. The predicted octanol–water partition coefficient (Wildman–Crippen LogP) is 0.621. The lowest BCUT2D eigenvalue weighted by Gasteiger charge is -2.03. The Kier molecular flexibility index (Phi) is 4.04. The first-order valence-electron chi connectivity index (χ1n) is 5.04. The molecule has 0 saturated heterocycles. The van der Waals surface area contributed by atoms with Gasteiger partial charge in [0.05, 0.1) is 11.3 Å². The van der Waals surface area contributed by atoms with E-state index < -0.39 is 5.97 Å². The molecule has 1 amide bonds. The first kappa shape index (κ1) is 12.2. The number of hydrogen-bond acceptors (Lipinski definition) is 3. The van der Waals surface area contributed by atoms with Crippen molar-refractivity contribution < 1.29 is 14.7 Å². The minimum atomic E-state index is -0.857. The van der Waals surface area contributed by atoms with E-state index in [9.17, 15) is 9.59 Å². The van der Waals surface area contributed by atoms with Crippen molar-refractivity contribution in [2.75, 3.05) is 6.54 Å². The Hall–Kier alpha value is -1.85. The van der Waals surface area contributed by atoms with Crippen LogP contribution in [-0.4, -0.2) is 33.7 Å². The van der Waals surface area contributed by atoms with Crippen molar-refractivity contribution in [1.29, 1.82) is 0 Å². The quantitative estimate of drug-likeness (QED) is 0.640. The largest absolute Gasteiger partial charge is 0.481 e. The highest BCUT2D eigenvalue weighted by Crippen LogP contribution is 2.08. The topological polar surface area (TPSA) is 95.1 Å². The van der Waals surface area contributed by atoms with Crippen molar-refractivity contribution in [2.45, 2.75) is 26.7 Å². The lowest BCUT2D eigenvalue weighted by Crippen LogP contribution is -2.25. The van der Waals surface area contributed by atoms with Gasteiger partial charge in [-0.2, -0.15) is 5.10 Å². The summed E-state index contributed by atoms with van der Waals surface area (Å²) in [4.78, 5) is 21.9. The molecule has 6 heteroatoms. The Labute approximate surface area is 93.1 Å². The van der Waals surface area contributed by atoms with Gasteiger partial charge in [-0.15, -0.1) is 0 Å². The summed E-state index contributed by atoms with van der Waals surface area (Å²) in [6.45, 7) is 3.87. The Morgan fingerprint density at radius 3 is 2.62 bits per heavy atom. The van der Waals surface area contributed by atoms with Gasteiger partial charge in [-0.05, 0) is 20.3 Å². The molecule has 1 aromatic heterocycles. The average Bonchev–Trinajstić information content (AvgIpc) is 2.53. The number of aryl methyl sites for hydroxylation is 2. The number of aliphatic carboxylic acids is 1. The molecular weight excluding hydrogens is 210 g/mol. The highest BCUT2D eigenvalue weighted by Gasteiger charge is 2.14. The SMILES string of the molecule is Cc1n[nH]c(C)c1C(=O)NCCCC(=O)O. The second kappa shape index (κ2) is 5.29. The molecule has 6 nitrogen and oxygen atoms in total. The molecule has 0 aromatic carbocycles. The van der Waals surface area contributed by atoms with Crippen LogP contribution in [0, 0.1) is 13.8 Å². The van der Waals surface area contributed by atoms with Crippen LogP contribution in [0.15, 0.2) is 0 Å². The van der Waals surface area contributed by atoms with E-state index in [0.29, 0.717) is 29.9 Å². The zero-order chi connectivity index (χ0) is 12.1. The van der Waals surface area contributed by atoms with Gasteiger partial charge in [0.15, 0.2) is 0 Å². The minimum Gasteiger partial charge on any atom is -0.481 e. The molecule has 1 rings (SSSR count). The number of carbonyl (C=O) groups is 2. The Bertz CT molecular complexity index is 379. The molecule has 0 spiro atoms. The third-order valence-corrected chi connectivity index (χ3v) is 2.21. The summed E-state index contributed by atoms with van der Waals surface area (Å²) in [7, 11) is 0. The summed E-state index contributed by atoms with van der Waals surface area (Å²) < 4.78 is 0. The number of aromatic nitrogens is 2. The van der Waals surface area contributed by atoms with E-state index in [2.05, 4.69) is 15.5 Å². The van der Waals surface area contributed by atoms with Crippen LogP contribution in [-0.2, 0) is 4.79 Å². The Balaban J connectivity index is 2.44. The van der Waals surface area contributed by atoms with Gasteiger partial charge in [-0.25, -0.2) is 0 Å².